The molecule has 0 bridgehead atoms. The molecule has 0 radical (unpaired) electrons. The van der Waals surface area contributed by atoms with Crippen molar-refractivity contribution in [2.45, 2.75) is 91.4 Å². The number of nitrogens with one attached hydrogen (secondary N) is 1. The van der Waals surface area contributed by atoms with E-state index >= 15 is 0 Å². The van der Waals surface area contributed by atoms with Crippen molar-refractivity contribution in [2.24, 2.45) is 5.41 Å². The maximum atomic E-state index is 10.7. The van der Waals surface area contributed by atoms with E-state index in [9.17, 15) is 4.79 Å². The van der Waals surface area contributed by atoms with Crippen LogP contribution in [0, 0.1) is 5.41 Å². The molecule has 1 rings (SSSR count). The summed E-state index contributed by atoms with van der Waals surface area (Å²) in [5, 5.41) is 11.9. The number of nitrogens with zero attached hydrogens (tertiary/aromatic N) is 2. The summed E-state index contributed by atoms with van der Waals surface area (Å²) in [5.41, 5.74) is 0.605. The predicted molar refractivity (Wildman–Crippen MR) is 108 cm³/mol. The molecule has 0 amide bonds. The van der Waals surface area contributed by atoms with Crippen LogP contribution in [0.25, 0.3) is 0 Å². The highest BCUT2D eigenvalue weighted by Gasteiger charge is 2.08. The third kappa shape index (κ3) is 11.8. The van der Waals surface area contributed by atoms with Crippen molar-refractivity contribution in [3.8, 4) is 0 Å². The van der Waals surface area contributed by atoms with Crippen molar-refractivity contribution in [1.29, 1.82) is 0 Å². The van der Waals surface area contributed by atoms with Crippen LogP contribution >= 0.6 is 0 Å². The molecule has 26 heavy (non-hydrogen) atoms. The topological polar surface area (TPSA) is 75.1 Å². The van der Waals surface area contributed by atoms with Gasteiger partial charge in [0.25, 0.3) is 0 Å². The van der Waals surface area contributed by atoms with Crippen LogP contribution < -0.4 is 5.32 Å². The number of carboxylic acid groups (broad SMARTS) is 1. The summed E-state index contributed by atoms with van der Waals surface area (Å²) in [7, 11) is 0. The third-order valence-corrected chi connectivity index (χ3v) is 4.54. The van der Waals surface area contributed by atoms with Crippen LogP contribution in [0.4, 0.5) is 5.95 Å². The van der Waals surface area contributed by atoms with Crippen molar-refractivity contribution in [2.75, 3.05) is 11.9 Å². The van der Waals surface area contributed by atoms with Crippen LogP contribution in [-0.4, -0.2) is 27.6 Å². The average molecular weight is 364 g/mol. The maximum absolute atomic E-state index is 10.7. The maximum Gasteiger partial charge on any atom is 0.338 e. The lowest BCUT2D eigenvalue weighted by Crippen LogP contribution is -2.07. The van der Waals surface area contributed by atoms with Crippen molar-refractivity contribution in [3.05, 3.63) is 18.0 Å². The van der Waals surface area contributed by atoms with E-state index in [4.69, 9.17) is 5.11 Å². The van der Waals surface area contributed by atoms with Gasteiger partial charge in [0.1, 0.15) is 0 Å². The highest BCUT2D eigenvalue weighted by molar-refractivity contribution is 5.86. The van der Waals surface area contributed by atoms with Crippen LogP contribution in [0.3, 0.4) is 0 Å². The summed E-state index contributed by atoms with van der Waals surface area (Å²) in [6, 6.07) is 0. The van der Waals surface area contributed by atoms with E-state index in [-0.39, 0.29) is 5.56 Å². The van der Waals surface area contributed by atoms with Gasteiger partial charge in [-0.1, -0.05) is 78.6 Å². The SMILES string of the molecule is CC(C)(C)CCCCCCCCCCCCNc1ncc(C(=O)O)cn1. The number of carboxylic acids is 1. The zero-order valence-electron chi connectivity index (χ0n) is 16.9. The molecule has 1 aromatic heterocycles. The van der Waals surface area contributed by atoms with Gasteiger partial charge in [0, 0.05) is 18.9 Å². The van der Waals surface area contributed by atoms with Gasteiger partial charge in [-0.25, -0.2) is 14.8 Å². The van der Waals surface area contributed by atoms with Gasteiger partial charge in [0.15, 0.2) is 0 Å². The summed E-state index contributed by atoms with van der Waals surface area (Å²) in [6.07, 6.45) is 17.2. The second kappa shape index (κ2) is 12.7. The molecule has 0 fully saturated rings. The lowest BCUT2D eigenvalue weighted by atomic mass is 9.89. The van der Waals surface area contributed by atoms with Gasteiger partial charge in [0.2, 0.25) is 5.95 Å². The first-order valence-corrected chi connectivity index (χ1v) is 10.2. The minimum atomic E-state index is -0.999. The van der Waals surface area contributed by atoms with Gasteiger partial charge < -0.3 is 10.4 Å². The van der Waals surface area contributed by atoms with Crippen LogP contribution in [0.5, 0.6) is 0 Å². The Balaban J connectivity index is 1.87. The summed E-state index contributed by atoms with van der Waals surface area (Å²) < 4.78 is 0. The van der Waals surface area contributed by atoms with E-state index in [1.807, 2.05) is 0 Å². The van der Waals surface area contributed by atoms with Gasteiger partial charge in [-0.05, 0) is 18.3 Å². The molecule has 0 aromatic carbocycles. The minimum Gasteiger partial charge on any atom is -0.478 e. The highest BCUT2D eigenvalue weighted by Crippen LogP contribution is 2.22. The first-order chi connectivity index (χ1) is 12.4. The Morgan fingerprint density at radius 1 is 0.885 bits per heavy atom. The van der Waals surface area contributed by atoms with E-state index < -0.39 is 5.97 Å². The van der Waals surface area contributed by atoms with Gasteiger partial charge in [-0.2, -0.15) is 0 Å². The fraction of sp³-hybridized carbons (Fsp3) is 0.762. The average Bonchev–Trinajstić information content (AvgIpc) is 2.58. The Bertz CT molecular complexity index is 495. The number of unbranched alkanes of at least 4 members (excludes halogenated alkanes) is 9. The van der Waals surface area contributed by atoms with E-state index in [1.54, 1.807) is 0 Å². The predicted octanol–water partition coefficient (Wildman–Crippen LogP) is 5.92. The van der Waals surface area contributed by atoms with Gasteiger partial charge >= 0.3 is 5.97 Å². The smallest absolute Gasteiger partial charge is 0.338 e. The number of anilines is 1. The third-order valence-electron chi connectivity index (χ3n) is 4.54. The minimum absolute atomic E-state index is 0.116. The summed E-state index contributed by atoms with van der Waals surface area (Å²) >= 11 is 0. The lowest BCUT2D eigenvalue weighted by Gasteiger charge is -2.17. The number of hydrogen-bond acceptors (Lipinski definition) is 4. The van der Waals surface area contributed by atoms with Gasteiger partial charge in [-0.15, -0.1) is 0 Å². The zero-order valence-corrected chi connectivity index (χ0v) is 16.9. The molecule has 5 heteroatoms. The Kier molecular flexibility index (Phi) is 10.9. The molecule has 1 heterocycles. The first-order valence-electron chi connectivity index (χ1n) is 10.2. The normalized spacial score (nSPS) is 11.5. The molecular formula is C21H37N3O2. The largest absolute Gasteiger partial charge is 0.478 e. The summed E-state index contributed by atoms with van der Waals surface area (Å²) in [4.78, 5) is 18.7. The van der Waals surface area contributed by atoms with E-state index in [0.717, 1.165) is 13.0 Å². The van der Waals surface area contributed by atoms with E-state index in [0.29, 0.717) is 11.4 Å². The number of aromatic nitrogens is 2. The molecule has 0 aliphatic carbocycles. The van der Waals surface area contributed by atoms with E-state index in [1.165, 1.54) is 76.6 Å². The molecule has 1 aromatic rings. The molecule has 0 atom stereocenters. The van der Waals surface area contributed by atoms with Crippen LogP contribution in [-0.2, 0) is 0 Å². The number of hydrogen-bond donors (Lipinski definition) is 2. The molecule has 148 valence electrons. The zero-order chi connectivity index (χ0) is 19.3. The number of carbonyl (C=O) groups is 1. The lowest BCUT2D eigenvalue weighted by molar-refractivity contribution is 0.0696. The Morgan fingerprint density at radius 2 is 1.35 bits per heavy atom. The molecular weight excluding hydrogens is 326 g/mol. The van der Waals surface area contributed by atoms with Crippen LogP contribution in [0.2, 0.25) is 0 Å². The molecule has 0 aliphatic rings. The molecule has 5 nitrogen and oxygen atoms in total. The van der Waals surface area contributed by atoms with Crippen LogP contribution in [0.15, 0.2) is 12.4 Å². The van der Waals surface area contributed by atoms with Crippen molar-refractivity contribution < 1.29 is 9.90 Å². The summed E-state index contributed by atoms with van der Waals surface area (Å²) in [6.45, 7) is 7.81. The van der Waals surface area contributed by atoms with Crippen molar-refractivity contribution in [3.63, 3.8) is 0 Å². The van der Waals surface area contributed by atoms with Gasteiger partial charge in [-0.3, -0.25) is 0 Å². The molecule has 2 N–H and O–H groups in total. The molecule has 0 unspecified atom stereocenters. The number of aromatic carboxylic acids is 1. The van der Waals surface area contributed by atoms with E-state index in [2.05, 4.69) is 36.1 Å². The standard InChI is InChI=1S/C21H37N3O2/c1-21(2,3)14-12-10-8-6-4-5-7-9-11-13-15-22-20-23-16-18(17-24-20)19(25)26/h16-17H,4-15H2,1-3H3,(H,25,26)(H,22,23,24). The molecule has 0 saturated heterocycles. The second-order valence-electron chi connectivity index (χ2n) is 8.37. The number of rotatable bonds is 14. The van der Waals surface area contributed by atoms with Gasteiger partial charge in [0.05, 0.1) is 5.56 Å². The fourth-order valence-electron chi connectivity index (χ4n) is 2.92. The Labute approximate surface area is 159 Å². The summed E-state index contributed by atoms with van der Waals surface area (Å²) in [5.74, 6) is -0.497. The molecule has 0 spiro atoms. The first kappa shape index (κ1) is 22.4. The quantitative estimate of drug-likeness (QED) is 0.401. The Hall–Kier alpha value is -1.65. The monoisotopic (exact) mass is 363 g/mol. The molecule has 0 aliphatic heterocycles. The van der Waals surface area contributed by atoms with Crippen molar-refractivity contribution >= 4 is 11.9 Å². The highest BCUT2D eigenvalue weighted by atomic mass is 16.4. The second-order valence-corrected chi connectivity index (χ2v) is 8.37. The van der Waals surface area contributed by atoms with Crippen molar-refractivity contribution in [1.82, 2.24) is 9.97 Å². The molecule has 0 saturated carbocycles. The fourth-order valence-corrected chi connectivity index (χ4v) is 2.92. The Morgan fingerprint density at radius 3 is 1.81 bits per heavy atom. The van der Waals surface area contributed by atoms with Crippen LogP contribution in [0.1, 0.15) is 102 Å².